The standard InChI is InChI=1S/C19H32N2/c1-3-4-5-6-10-17(2)20-14-9-15-21-16-13-18-11-7-8-12-19(18)21/h7-8,11-12,17,20H,3-6,9-10,13-16H2,1-2H3. The zero-order valence-corrected chi connectivity index (χ0v) is 13.9. The summed E-state index contributed by atoms with van der Waals surface area (Å²) in [6.07, 6.45) is 9.28. The van der Waals surface area contributed by atoms with Crippen molar-refractivity contribution in [2.45, 2.75) is 64.8 Å². The lowest BCUT2D eigenvalue weighted by molar-refractivity contribution is 0.478. The Kier molecular flexibility index (Phi) is 7.08. The van der Waals surface area contributed by atoms with Gasteiger partial charge in [-0.2, -0.15) is 0 Å². The molecular weight excluding hydrogens is 256 g/mol. The quantitative estimate of drug-likeness (QED) is 0.642. The van der Waals surface area contributed by atoms with E-state index in [0.29, 0.717) is 6.04 Å². The zero-order valence-electron chi connectivity index (χ0n) is 13.9. The maximum atomic E-state index is 3.68. The highest BCUT2D eigenvalue weighted by atomic mass is 15.1. The van der Waals surface area contributed by atoms with Gasteiger partial charge in [0.05, 0.1) is 0 Å². The van der Waals surface area contributed by atoms with Gasteiger partial charge in [-0.05, 0) is 44.4 Å². The summed E-state index contributed by atoms with van der Waals surface area (Å²) in [5, 5.41) is 3.68. The lowest BCUT2D eigenvalue weighted by Crippen LogP contribution is -2.30. The number of hydrogen-bond donors (Lipinski definition) is 1. The van der Waals surface area contributed by atoms with Gasteiger partial charge in [0.2, 0.25) is 0 Å². The van der Waals surface area contributed by atoms with Gasteiger partial charge in [0, 0.05) is 24.8 Å². The average molecular weight is 288 g/mol. The highest BCUT2D eigenvalue weighted by molar-refractivity contribution is 5.57. The Hall–Kier alpha value is -1.02. The van der Waals surface area contributed by atoms with E-state index in [4.69, 9.17) is 0 Å². The first-order chi connectivity index (χ1) is 10.3. The molecule has 0 amide bonds. The second kappa shape index (κ2) is 9.09. The Balaban J connectivity index is 1.56. The second-order valence-corrected chi connectivity index (χ2v) is 6.42. The van der Waals surface area contributed by atoms with E-state index in [1.165, 1.54) is 69.3 Å². The molecule has 0 aromatic heterocycles. The fraction of sp³-hybridized carbons (Fsp3) is 0.684. The molecule has 2 rings (SSSR count). The molecule has 0 aliphatic carbocycles. The first-order valence-corrected chi connectivity index (χ1v) is 8.87. The molecule has 1 unspecified atom stereocenters. The van der Waals surface area contributed by atoms with Crippen LogP contribution in [-0.4, -0.2) is 25.7 Å². The lowest BCUT2D eigenvalue weighted by atomic mass is 10.1. The van der Waals surface area contributed by atoms with Crippen molar-refractivity contribution >= 4 is 5.69 Å². The number of hydrogen-bond acceptors (Lipinski definition) is 2. The Bertz CT molecular complexity index is 402. The molecule has 1 N–H and O–H groups in total. The monoisotopic (exact) mass is 288 g/mol. The van der Waals surface area contributed by atoms with Gasteiger partial charge < -0.3 is 10.2 Å². The highest BCUT2D eigenvalue weighted by Gasteiger charge is 2.17. The first kappa shape index (κ1) is 16.4. The largest absolute Gasteiger partial charge is 0.371 e. The van der Waals surface area contributed by atoms with E-state index < -0.39 is 0 Å². The highest BCUT2D eigenvalue weighted by Crippen LogP contribution is 2.27. The van der Waals surface area contributed by atoms with Crippen LogP contribution >= 0.6 is 0 Å². The van der Waals surface area contributed by atoms with Crippen molar-refractivity contribution in [3.8, 4) is 0 Å². The molecule has 21 heavy (non-hydrogen) atoms. The van der Waals surface area contributed by atoms with Crippen LogP contribution in [0.25, 0.3) is 0 Å². The smallest absolute Gasteiger partial charge is 0.0399 e. The molecule has 0 bridgehead atoms. The van der Waals surface area contributed by atoms with E-state index in [-0.39, 0.29) is 0 Å². The van der Waals surface area contributed by atoms with Crippen LogP contribution in [0.3, 0.4) is 0 Å². The van der Waals surface area contributed by atoms with Crippen molar-refractivity contribution in [2.24, 2.45) is 0 Å². The fourth-order valence-corrected chi connectivity index (χ4v) is 3.24. The normalized spacial score (nSPS) is 15.2. The number of nitrogens with one attached hydrogen (secondary N) is 1. The number of nitrogens with zero attached hydrogens (tertiary/aromatic N) is 1. The van der Waals surface area contributed by atoms with Crippen molar-refractivity contribution in [2.75, 3.05) is 24.5 Å². The Morgan fingerprint density at radius 1 is 1.14 bits per heavy atom. The van der Waals surface area contributed by atoms with E-state index in [1.807, 2.05) is 0 Å². The third kappa shape index (κ3) is 5.35. The molecule has 2 nitrogen and oxygen atoms in total. The van der Waals surface area contributed by atoms with Crippen molar-refractivity contribution in [1.82, 2.24) is 5.32 Å². The number of rotatable bonds is 10. The van der Waals surface area contributed by atoms with Gasteiger partial charge in [0.1, 0.15) is 0 Å². The Morgan fingerprint density at radius 3 is 2.86 bits per heavy atom. The minimum absolute atomic E-state index is 0.674. The first-order valence-electron chi connectivity index (χ1n) is 8.87. The van der Waals surface area contributed by atoms with Crippen LogP contribution in [0.1, 0.15) is 57.9 Å². The van der Waals surface area contributed by atoms with Crippen LogP contribution in [0.15, 0.2) is 24.3 Å². The summed E-state index contributed by atoms with van der Waals surface area (Å²) in [6.45, 7) is 8.14. The summed E-state index contributed by atoms with van der Waals surface area (Å²) in [5.74, 6) is 0. The van der Waals surface area contributed by atoms with Crippen LogP contribution < -0.4 is 10.2 Å². The van der Waals surface area contributed by atoms with Gasteiger partial charge in [-0.3, -0.25) is 0 Å². The molecule has 0 spiro atoms. The molecule has 118 valence electrons. The minimum Gasteiger partial charge on any atom is -0.371 e. The average Bonchev–Trinajstić information content (AvgIpc) is 2.91. The van der Waals surface area contributed by atoms with Crippen LogP contribution in [-0.2, 0) is 6.42 Å². The minimum atomic E-state index is 0.674. The molecule has 0 fully saturated rings. The van der Waals surface area contributed by atoms with Crippen molar-refractivity contribution < 1.29 is 0 Å². The van der Waals surface area contributed by atoms with Gasteiger partial charge >= 0.3 is 0 Å². The molecule has 1 aromatic carbocycles. The number of para-hydroxylation sites is 1. The molecular formula is C19H32N2. The Morgan fingerprint density at radius 2 is 2.00 bits per heavy atom. The van der Waals surface area contributed by atoms with Gasteiger partial charge in [-0.25, -0.2) is 0 Å². The molecule has 0 saturated heterocycles. The second-order valence-electron chi connectivity index (χ2n) is 6.42. The maximum Gasteiger partial charge on any atom is 0.0399 e. The predicted molar refractivity (Wildman–Crippen MR) is 93.2 cm³/mol. The van der Waals surface area contributed by atoms with E-state index in [0.717, 1.165) is 6.54 Å². The zero-order chi connectivity index (χ0) is 14.9. The van der Waals surface area contributed by atoms with Crippen molar-refractivity contribution in [3.05, 3.63) is 29.8 Å². The number of anilines is 1. The summed E-state index contributed by atoms with van der Waals surface area (Å²) in [7, 11) is 0. The third-order valence-electron chi connectivity index (χ3n) is 4.57. The van der Waals surface area contributed by atoms with Crippen molar-refractivity contribution in [1.29, 1.82) is 0 Å². The van der Waals surface area contributed by atoms with Crippen LogP contribution in [0.5, 0.6) is 0 Å². The molecule has 1 aliphatic heterocycles. The van der Waals surface area contributed by atoms with Crippen LogP contribution in [0, 0.1) is 0 Å². The van der Waals surface area contributed by atoms with E-state index >= 15 is 0 Å². The number of fused-ring (bicyclic) bond motifs is 1. The van der Waals surface area contributed by atoms with Crippen molar-refractivity contribution in [3.63, 3.8) is 0 Å². The number of unbranched alkanes of at least 4 members (excludes halogenated alkanes) is 3. The molecule has 0 radical (unpaired) electrons. The molecule has 1 aromatic rings. The van der Waals surface area contributed by atoms with Gasteiger partial charge in [0.15, 0.2) is 0 Å². The van der Waals surface area contributed by atoms with E-state index in [9.17, 15) is 0 Å². The SMILES string of the molecule is CCCCCCC(C)NCCCN1CCc2ccccc21. The van der Waals surface area contributed by atoms with E-state index in [1.54, 1.807) is 0 Å². The van der Waals surface area contributed by atoms with Crippen LogP contribution in [0.4, 0.5) is 5.69 Å². The lowest BCUT2D eigenvalue weighted by Gasteiger charge is -2.20. The predicted octanol–water partition coefficient (Wildman–Crippen LogP) is 4.39. The number of benzene rings is 1. The van der Waals surface area contributed by atoms with Crippen LogP contribution in [0.2, 0.25) is 0 Å². The summed E-state index contributed by atoms with van der Waals surface area (Å²) in [6, 6.07) is 9.53. The summed E-state index contributed by atoms with van der Waals surface area (Å²) >= 11 is 0. The Labute approximate surface area is 130 Å². The fourth-order valence-electron chi connectivity index (χ4n) is 3.24. The molecule has 1 aliphatic rings. The third-order valence-corrected chi connectivity index (χ3v) is 4.57. The molecule has 0 saturated carbocycles. The van der Waals surface area contributed by atoms with Gasteiger partial charge in [0.25, 0.3) is 0 Å². The van der Waals surface area contributed by atoms with Gasteiger partial charge in [-0.1, -0.05) is 50.8 Å². The topological polar surface area (TPSA) is 15.3 Å². The molecule has 1 atom stereocenters. The summed E-state index contributed by atoms with van der Waals surface area (Å²) in [4.78, 5) is 2.54. The summed E-state index contributed by atoms with van der Waals surface area (Å²) < 4.78 is 0. The van der Waals surface area contributed by atoms with E-state index in [2.05, 4.69) is 48.3 Å². The maximum absolute atomic E-state index is 3.68. The van der Waals surface area contributed by atoms with Gasteiger partial charge in [-0.15, -0.1) is 0 Å². The molecule has 1 heterocycles. The molecule has 2 heteroatoms. The summed E-state index contributed by atoms with van der Waals surface area (Å²) in [5.41, 5.74) is 2.99.